The highest BCUT2D eigenvalue weighted by Crippen LogP contribution is 2.17. The predicted molar refractivity (Wildman–Crippen MR) is 79.7 cm³/mol. The van der Waals surface area contributed by atoms with Crippen molar-refractivity contribution in [2.24, 2.45) is 0 Å². The number of nitrogens with zero attached hydrogens (tertiary/aromatic N) is 1. The van der Waals surface area contributed by atoms with Crippen molar-refractivity contribution < 1.29 is 4.39 Å². The zero-order valence-electron chi connectivity index (χ0n) is 10.6. The van der Waals surface area contributed by atoms with Crippen molar-refractivity contribution in [3.63, 3.8) is 0 Å². The summed E-state index contributed by atoms with van der Waals surface area (Å²) < 4.78 is 14.4. The Morgan fingerprint density at radius 1 is 1.37 bits per heavy atom. The summed E-state index contributed by atoms with van der Waals surface area (Å²) in [6.07, 6.45) is 2.20. The molecule has 0 atom stereocenters. The normalized spacial score (nSPS) is 10.5. The lowest BCUT2D eigenvalue weighted by atomic mass is 10.1. The van der Waals surface area contributed by atoms with E-state index in [1.54, 1.807) is 18.3 Å². The van der Waals surface area contributed by atoms with Gasteiger partial charge in [0.2, 0.25) is 0 Å². The maximum absolute atomic E-state index is 13.5. The van der Waals surface area contributed by atoms with Gasteiger partial charge in [-0.1, -0.05) is 15.9 Å². The van der Waals surface area contributed by atoms with Gasteiger partial charge in [0.05, 0.1) is 11.9 Å². The highest BCUT2D eigenvalue weighted by molar-refractivity contribution is 9.10. The van der Waals surface area contributed by atoms with Gasteiger partial charge in [0.15, 0.2) is 0 Å². The van der Waals surface area contributed by atoms with Gasteiger partial charge >= 0.3 is 0 Å². The largest absolute Gasteiger partial charge is 0.397 e. The quantitative estimate of drug-likeness (QED) is 0.905. The molecule has 1 aromatic heterocycles. The number of hydrogen-bond donors (Lipinski definition) is 2. The van der Waals surface area contributed by atoms with E-state index in [2.05, 4.69) is 26.2 Å². The molecule has 1 aromatic carbocycles. The summed E-state index contributed by atoms with van der Waals surface area (Å²) in [5.41, 5.74) is 7.94. The van der Waals surface area contributed by atoms with Crippen LogP contribution in [0.1, 0.15) is 11.1 Å². The zero-order valence-corrected chi connectivity index (χ0v) is 12.2. The van der Waals surface area contributed by atoms with Crippen molar-refractivity contribution in [2.75, 3.05) is 17.6 Å². The maximum Gasteiger partial charge on any atom is 0.129 e. The average molecular weight is 324 g/mol. The van der Waals surface area contributed by atoms with E-state index in [1.807, 2.05) is 13.0 Å². The van der Waals surface area contributed by atoms with Crippen LogP contribution in [0.2, 0.25) is 0 Å². The Hall–Kier alpha value is -1.62. The molecule has 0 unspecified atom stereocenters. The molecule has 2 rings (SSSR count). The summed E-state index contributed by atoms with van der Waals surface area (Å²) in [6.45, 7) is 2.55. The van der Waals surface area contributed by atoms with Gasteiger partial charge in [-0.3, -0.25) is 0 Å². The first-order chi connectivity index (χ1) is 9.06. The first-order valence-corrected chi connectivity index (χ1v) is 6.75. The van der Waals surface area contributed by atoms with Gasteiger partial charge in [-0.2, -0.15) is 0 Å². The third kappa shape index (κ3) is 3.67. The van der Waals surface area contributed by atoms with E-state index in [0.717, 1.165) is 15.9 Å². The minimum Gasteiger partial charge on any atom is -0.397 e. The summed E-state index contributed by atoms with van der Waals surface area (Å²) in [6, 6.07) is 6.80. The van der Waals surface area contributed by atoms with Gasteiger partial charge < -0.3 is 11.1 Å². The monoisotopic (exact) mass is 323 g/mol. The second-order valence-corrected chi connectivity index (χ2v) is 5.26. The molecule has 0 amide bonds. The van der Waals surface area contributed by atoms with E-state index < -0.39 is 0 Å². The number of halogens is 2. The molecule has 0 bridgehead atoms. The molecular weight excluding hydrogens is 309 g/mol. The number of rotatable bonds is 4. The molecule has 19 heavy (non-hydrogen) atoms. The fraction of sp³-hybridized carbons (Fsp3) is 0.214. The predicted octanol–water partition coefficient (Wildman–Crippen LogP) is 3.53. The van der Waals surface area contributed by atoms with Gasteiger partial charge in [-0.25, -0.2) is 9.37 Å². The van der Waals surface area contributed by atoms with Crippen molar-refractivity contribution in [3.05, 3.63) is 51.9 Å². The van der Waals surface area contributed by atoms with Crippen LogP contribution in [0.4, 0.5) is 15.9 Å². The molecule has 3 nitrogen and oxygen atoms in total. The Kier molecular flexibility index (Phi) is 4.37. The number of anilines is 2. The maximum atomic E-state index is 13.5. The third-order valence-corrected chi connectivity index (χ3v) is 3.29. The van der Waals surface area contributed by atoms with E-state index >= 15 is 0 Å². The van der Waals surface area contributed by atoms with Crippen LogP contribution in [0, 0.1) is 12.7 Å². The van der Waals surface area contributed by atoms with Crippen molar-refractivity contribution >= 4 is 27.4 Å². The van der Waals surface area contributed by atoms with Crippen LogP contribution in [-0.4, -0.2) is 11.5 Å². The van der Waals surface area contributed by atoms with E-state index in [4.69, 9.17) is 5.73 Å². The molecule has 0 saturated heterocycles. The molecule has 0 radical (unpaired) electrons. The topological polar surface area (TPSA) is 50.9 Å². The van der Waals surface area contributed by atoms with Crippen LogP contribution in [0.15, 0.2) is 34.9 Å². The molecule has 100 valence electrons. The van der Waals surface area contributed by atoms with Crippen LogP contribution in [0.25, 0.3) is 0 Å². The molecule has 0 spiro atoms. The molecule has 0 saturated carbocycles. The fourth-order valence-electron chi connectivity index (χ4n) is 1.83. The standard InChI is InChI=1S/C14H15BrFN3/c1-9-6-12(17)8-19-14(9)18-5-4-10-7-11(15)2-3-13(10)16/h2-3,6-8H,4-5,17H2,1H3,(H,18,19). The first kappa shape index (κ1) is 13.8. The van der Waals surface area contributed by atoms with Crippen LogP contribution in [0.3, 0.4) is 0 Å². The van der Waals surface area contributed by atoms with Gasteiger partial charge in [0.1, 0.15) is 11.6 Å². The van der Waals surface area contributed by atoms with E-state index in [9.17, 15) is 4.39 Å². The highest BCUT2D eigenvalue weighted by Gasteiger charge is 2.04. The minimum atomic E-state index is -0.188. The summed E-state index contributed by atoms with van der Waals surface area (Å²) in [7, 11) is 0. The van der Waals surface area contributed by atoms with Crippen LogP contribution >= 0.6 is 15.9 Å². The number of hydrogen-bond acceptors (Lipinski definition) is 3. The van der Waals surface area contributed by atoms with Gasteiger partial charge in [0, 0.05) is 11.0 Å². The second kappa shape index (κ2) is 6.02. The molecular formula is C14H15BrFN3. The lowest BCUT2D eigenvalue weighted by molar-refractivity contribution is 0.610. The summed E-state index contributed by atoms with van der Waals surface area (Å²) in [5.74, 6) is 0.594. The van der Waals surface area contributed by atoms with Gasteiger partial charge in [-0.05, 0) is 48.7 Å². The lowest BCUT2D eigenvalue weighted by Gasteiger charge is -2.09. The zero-order chi connectivity index (χ0) is 13.8. The van der Waals surface area contributed by atoms with Gasteiger partial charge in [-0.15, -0.1) is 0 Å². The van der Waals surface area contributed by atoms with Crippen molar-refractivity contribution in [3.8, 4) is 0 Å². The fourth-order valence-corrected chi connectivity index (χ4v) is 2.24. The lowest BCUT2D eigenvalue weighted by Crippen LogP contribution is -2.09. The number of nitrogen functional groups attached to an aromatic ring is 1. The number of nitrogens with one attached hydrogen (secondary N) is 1. The summed E-state index contributed by atoms with van der Waals surface area (Å²) >= 11 is 3.34. The Bertz CT molecular complexity index is 587. The number of nitrogens with two attached hydrogens (primary N) is 1. The second-order valence-electron chi connectivity index (χ2n) is 4.35. The molecule has 3 N–H and O–H groups in total. The SMILES string of the molecule is Cc1cc(N)cnc1NCCc1cc(Br)ccc1F. The smallest absolute Gasteiger partial charge is 0.129 e. The Morgan fingerprint density at radius 2 is 2.16 bits per heavy atom. The van der Waals surface area contributed by atoms with Crippen LogP contribution in [-0.2, 0) is 6.42 Å². The van der Waals surface area contributed by atoms with Crippen LogP contribution < -0.4 is 11.1 Å². The van der Waals surface area contributed by atoms with E-state index in [1.165, 1.54) is 6.07 Å². The number of aromatic nitrogens is 1. The molecule has 0 fully saturated rings. The molecule has 0 aliphatic heterocycles. The number of benzene rings is 1. The van der Waals surface area contributed by atoms with E-state index in [0.29, 0.717) is 24.2 Å². The summed E-state index contributed by atoms with van der Waals surface area (Å²) in [5, 5.41) is 3.19. The van der Waals surface area contributed by atoms with Crippen molar-refractivity contribution in [1.29, 1.82) is 0 Å². The van der Waals surface area contributed by atoms with Gasteiger partial charge in [0.25, 0.3) is 0 Å². The minimum absolute atomic E-state index is 0.188. The molecule has 1 heterocycles. The Morgan fingerprint density at radius 3 is 2.89 bits per heavy atom. The first-order valence-electron chi connectivity index (χ1n) is 5.96. The third-order valence-electron chi connectivity index (χ3n) is 2.79. The van der Waals surface area contributed by atoms with Crippen molar-refractivity contribution in [2.45, 2.75) is 13.3 Å². The highest BCUT2D eigenvalue weighted by atomic mass is 79.9. The van der Waals surface area contributed by atoms with Crippen LogP contribution in [0.5, 0.6) is 0 Å². The molecule has 5 heteroatoms. The number of aryl methyl sites for hydroxylation is 1. The Balaban J connectivity index is 1.98. The van der Waals surface area contributed by atoms with E-state index in [-0.39, 0.29) is 5.82 Å². The Labute approximate surface area is 120 Å². The molecule has 0 aliphatic carbocycles. The number of pyridine rings is 1. The molecule has 2 aromatic rings. The molecule has 0 aliphatic rings. The summed E-state index contributed by atoms with van der Waals surface area (Å²) in [4.78, 5) is 4.21. The average Bonchev–Trinajstić information content (AvgIpc) is 2.36. The van der Waals surface area contributed by atoms with Crippen molar-refractivity contribution in [1.82, 2.24) is 4.98 Å².